The third-order valence-electron chi connectivity index (χ3n) is 10.4. The van der Waals surface area contributed by atoms with E-state index in [-0.39, 0.29) is 89.9 Å². The molecular weight excluding hydrogens is 764 g/mol. The van der Waals surface area contributed by atoms with E-state index in [1.807, 2.05) is 0 Å². The number of nitrogens with one attached hydrogen (secondary N) is 2. The van der Waals surface area contributed by atoms with E-state index in [1.165, 1.54) is 21.9 Å². The molecule has 292 valence electrons. The maximum Gasteiger partial charge on any atom is 0.416 e. The molecule has 2 fully saturated rings. The van der Waals surface area contributed by atoms with Crippen molar-refractivity contribution in [2.45, 2.75) is 45.2 Å². The number of hydrogen-bond donors (Lipinski definition) is 3. The van der Waals surface area contributed by atoms with Crippen LogP contribution in [0.25, 0.3) is 17.2 Å². The Kier molecular flexibility index (Phi) is 9.20. The lowest BCUT2D eigenvalue weighted by atomic mass is 9.86. The second-order valence-electron chi connectivity index (χ2n) is 13.7. The van der Waals surface area contributed by atoms with Crippen LogP contribution in [0.15, 0.2) is 41.5 Å². The fraction of sp³-hybridized carbons (Fsp3) is 0.361. The Morgan fingerprint density at radius 3 is 2.52 bits per heavy atom. The van der Waals surface area contributed by atoms with Crippen molar-refractivity contribution >= 4 is 40.6 Å². The topological polar surface area (TPSA) is 172 Å². The molecule has 56 heavy (non-hydrogen) atoms. The number of carbonyl (C=O) groups is 2. The van der Waals surface area contributed by atoms with Crippen molar-refractivity contribution in [3.63, 3.8) is 0 Å². The summed E-state index contributed by atoms with van der Waals surface area (Å²) in [7, 11) is 0. The third kappa shape index (κ3) is 6.28. The monoisotopic (exact) mass is 796 g/mol. The average Bonchev–Trinajstić information content (AvgIpc) is 3.76. The molecule has 0 unspecified atom stereocenters. The predicted molar refractivity (Wildman–Crippen MR) is 193 cm³/mol. The van der Waals surface area contributed by atoms with Crippen LogP contribution >= 0.6 is 11.6 Å². The van der Waals surface area contributed by atoms with Crippen LogP contribution in [0.5, 0.6) is 5.75 Å². The van der Waals surface area contributed by atoms with E-state index in [1.54, 1.807) is 24.8 Å². The van der Waals surface area contributed by atoms with E-state index < -0.39 is 47.1 Å². The van der Waals surface area contributed by atoms with Gasteiger partial charge in [-0.1, -0.05) is 18.5 Å². The summed E-state index contributed by atoms with van der Waals surface area (Å²) in [4.78, 5) is 57.0. The number of aromatic nitrogens is 6. The molecule has 0 aliphatic carbocycles. The summed E-state index contributed by atoms with van der Waals surface area (Å²) in [6.07, 6.45) is -3.27. The van der Waals surface area contributed by atoms with Gasteiger partial charge in [0.05, 0.1) is 39.8 Å². The number of amides is 2. The van der Waals surface area contributed by atoms with E-state index in [2.05, 4.69) is 30.7 Å². The van der Waals surface area contributed by atoms with Gasteiger partial charge in [0, 0.05) is 39.3 Å². The van der Waals surface area contributed by atoms with Crippen LogP contribution in [0.3, 0.4) is 0 Å². The van der Waals surface area contributed by atoms with Crippen molar-refractivity contribution in [1.82, 2.24) is 39.3 Å². The number of carbonyl (C=O) groups excluding carboxylic acids is 2. The first-order valence-electron chi connectivity index (χ1n) is 17.6. The number of piperazine rings is 1. The van der Waals surface area contributed by atoms with Crippen molar-refractivity contribution in [1.29, 1.82) is 0 Å². The minimum Gasteiger partial charge on any atom is -0.504 e. The molecule has 2 aromatic carbocycles. The molecule has 15 nitrogen and oxygen atoms in total. The predicted octanol–water partition coefficient (Wildman–Crippen LogP) is 3.67. The Hall–Kier alpha value is -5.66. The highest BCUT2D eigenvalue weighted by molar-refractivity contribution is 6.33. The molecule has 0 atom stereocenters. The van der Waals surface area contributed by atoms with E-state index in [4.69, 9.17) is 16.3 Å². The summed E-state index contributed by atoms with van der Waals surface area (Å²) in [5.74, 6) is -2.39. The maximum atomic E-state index is 15.9. The van der Waals surface area contributed by atoms with Gasteiger partial charge in [-0.25, -0.2) is 14.4 Å². The van der Waals surface area contributed by atoms with Gasteiger partial charge in [0.25, 0.3) is 11.5 Å². The minimum absolute atomic E-state index is 0.0160. The highest BCUT2D eigenvalue weighted by atomic mass is 35.5. The van der Waals surface area contributed by atoms with Crippen molar-refractivity contribution in [2.75, 3.05) is 49.5 Å². The minimum atomic E-state index is -4.65. The molecule has 1 spiro atoms. The molecule has 8 rings (SSSR count). The molecule has 3 N–H and O–H groups in total. The fourth-order valence-electron chi connectivity index (χ4n) is 7.35. The van der Waals surface area contributed by atoms with Gasteiger partial charge in [-0.15, -0.1) is 5.10 Å². The SMILES string of the molecule is CCc1c(N2CCN(C(=O)c3ncnc(C)c3O)CC2)c(=O)n2nc(-c3cc4c(cc3F)C3(CNC3)OC4)nc2n1CC(=O)Nc1ccc(C(F)(F)F)cc1Cl. The number of halogens is 5. The molecule has 0 bridgehead atoms. The second-order valence-corrected chi connectivity index (χ2v) is 14.1. The Labute approximate surface area is 319 Å². The van der Waals surface area contributed by atoms with Crippen LogP contribution in [0, 0.1) is 12.7 Å². The van der Waals surface area contributed by atoms with Crippen molar-refractivity contribution in [3.8, 4) is 17.1 Å². The van der Waals surface area contributed by atoms with E-state index >= 15 is 4.39 Å². The molecule has 6 heterocycles. The zero-order valence-electron chi connectivity index (χ0n) is 29.9. The van der Waals surface area contributed by atoms with Gasteiger partial charge < -0.3 is 34.8 Å². The van der Waals surface area contributed by atoms with E-state index in [9.17, 15) is 32.7 Å². The van der Waals surface area contributed by atoms with Crippen LogP contribution in [0.4, 0.5) is 28.9 Å². The Morgan fingerprint density at radius 1 is 1.11 bits per heavy atom. The zero-order chi connectivity index (χ0) is 39.7. The Balaban J connectivity index is 1.17. The highest BCUT2D eigenvalue weighted by Gasteiger charge is 2.46. The number of aromatic hydroxyl groups is 1. The molecule has 2 amide bonds. The molecular formula is C36H33ClF4N10O5. The maximum absolute atomic E-state index is 15.9. The summed E-state index contributed by atoms with van der Waals surface area (Å²) >= 11 is 6.14. The standard InChI is InChI=1S/C36H33ClF4N10O5/c1-3-26-29(48-6-8-49(9-7-48)32(54)28-30(53)18(2)43-17-44-28)33(55)51-34(50(26)13-27(52)45-25-5-4-20(11-23(25)37)36(39,40)41)46-31(47-51)21-10-19-14-56-35(15-42-16-35)22(19)12-24(21)38/h4-5,10-12,17,42,53H,3,6-9,13-16H2,1-2H3,(H,45,52). The van der Waals surface area contributed by atoms with Crippen molar-refractivity contribution in [2.24, 2.45) is 0 Å². The number of ether oxygens (including phenoxy) is 1. The molecule has 3 aliphatic rings. The number of hydrogen-bond acceptors (Lipinski definition) is 11. The number of nitrogens with zero attached hydrogens (tertiary/aromatic N) is 8. The second kappa shape index (κ2) is 13.8. The lowest BCUT2D eigenvalue weighted by Crippen LogP contribution is -2.56. The lowest BCUT2D eigenvalue weighted by Gasteiger charge is -2.39. The normalized spacial score (nSPS) is 16.3. The largest absolute Gasteiger partial charge is 0.504 e. The number of rotatable bonds is 7. The number of alkyl halides is 3. The zero-order valence-corrected chi connectivity index (χ0v) is 30.6. The molecule has 0 saturated carbocycles. The van der Waals surface area contributed by atoms with Crippen LogP contribution in [-0.4, -0.2) is 90.2 Å². The summed E-state index contributed by atoms with van der Waals surface area (Å²) in [6, 6.07) is 5.51. The first-order valence-corrected chi connectivity index (χ1v) is 18.0. The Bertz CT molecular complexity index is 2500. The van der Waals surface area contributed by atoms with Crippen molar-refractivity contribution in [3.05, 3.63) is 91.6 Å². The van der Waals surface area contributed by atoms with Gasteiger partial charge in [-0.2, -0.15) is 22.7 Å². The summed E-state index contributed by atoms with van der Waals surface area (Å²) in [5, 5.41) is 20.2. The summed E-state index contributed by atoms with van der Waals surface area (Å²) in [5.41, 5.74) is -0.182. The molecule has 2 saturated heterocycles. The van der Waals surface area contributed by atoms with E-state index in [0.717, 1.165) is 27.8 Å². The molecule has 3 aromatic heterocycles. The molecule has 20 heteroatoms. The molecule has 5 aromatic rings. The smallest absolute Gasteiger partial charge is 0.416 e. The fourth-order valence-corrected chi connectivity index (χ4v) is 7.57. The number of aryl methyl sites for hydroxylation is 1. The van der Waals surface area contributed by atoms with Gasteiger partial charge in [-0.05, 0) is 54.8 Å². The Morgan fingerprint density at radius 2 is 1.86 bits per heavy atom. The van der Waals surface area contributed by atoms with Gasteiger partial charge >= 0.3 is 6.18 Å². The van der Waals surface area contributed by atoms with Crippen LogP contribution in [-0.2, 0) is 40.9 Å². The van der Waals surface area contributed by atoms with Crippen LogP contribution < -0.4 is 21.1 Å². The summed E-state index contributed by atoms with van der Waals surface area (Å²) in [6.45, 7) is 4.73. The quantitative estimate of drug-likeness (QED) is 0.205. The number of benzene rings is 2. The number of anilines is 2. The first-order chi connectivity index (χ1) is 26.7. The van der Waals surface area contributed by atoms with Gasteiger partial charge in [0.2, 0.25) is 11.7 Å². The van der Waals surface area contributed by atoms with Gasteiger partial charge in [0.1, 0.15) is 30.0 Å². The molecule has 0 radical (unpaired) electrons. The highest BCUT2D eigenvalue weighted by Crippen LogP contribution is 2.42. The van der Waals surface area contributed by atoms with Gasteiger partial charge in [-0.3, -0.25) is 14.4 Å². The summed E-state index contributed by atoms with van der Waals surface area (Å²) < 4.78 is 64.2. The van der Waals surface area contributed by atoms with Crippen LogP contribution in [0.1, 0.15) is 45.5 Å². The van der Waals surface area contributed by atoms with Crippen LogP contribution in [0.2, 0.25) is 5.02 Å². The van der Waals surface area contributed by atoms with Gasteiger partial charge in [0.15, 0.2) is 17.3 Å². The van der Waals surface area contributed by atoms with Crippen molar-refractivity contribution < 1.29 is 37.0 Å². The van der Waals surface area contributed by atoms with E-state index in [0.29, 0.717) is 24.8 Å². The molecule has 3 aliphatic heterocycles. The first kappa shape index (κ1) is 37.3. The number of fused-ring (bicyclic) bond motifs is 3. The average molecular weight is 797 g/mol. The lowest BCUT2D eigenvalue weighted by molar-refractivity contribution is -0.137. The third-order valence-corrected chi connectivity index (χ3v) is 10.7.